The Balaban J connectivity index is 2.25. The summed E-state index contributed by atoms with van der Waals surface area (Å²) in [5, 5.41) is 4.43. The Kier molecular flexibility index (Phi) is 3.59. The molecule has 90 valence electrons. The van der Waals surface area contributed by atoms with E-state index in [0.717, 1.165) is 18.5 Å². The van der Waals surface area contributed by atoms with E-state index < -0.39 is 0 Å². The van der Waals surface area contributed by atoms with Crippen molar-refractivity contribution in [3.05, 3.63) is 36.0 Å². The first-order valence-corrected chi connectivity index (χ1v) is 6.01. The lowest BCUT2D eigenvalue weighted by molar-refractivity contribution is -0.118. The van der Waals surface area contributed by atoms with E-state index in [4.69, 9.17) is 0 Å². The number of likely N-dealkylation sites (N-methyl/N-ethyl adjacent to an activating group) is 1. The Morgan fingerprint density at radius 1 is 1.41 bits per heavy atom. The zero-order valence-corrected chi connectivity index (χ0v) is 10.3. The summed E-state index contributed by atoms with van der Waals surface area (Å²) in [4.78, 5) is 14.8. The molecule has 0 spiro atoms. The van der Waals surface area contributed by atoms with Gasteiger partial charge in [-0.2, -0.15) is 0 Å². The van der Waals surface area contributed by atoms with Crippen molar-refractivity contribution in [3.63, 3.8) is 0 Å². The van der Waals surface area contributed by atoms with E-state index in [1.54, 1.807) is 6.92 Å². The van der Waals surface area contributed by atoms with Crippen molar-refractivity contribution < 1.29 is 4.79 Å². The lowest BCUT2D eigenvalue weighted by Crippen LogP contribution is -2.36. The average Bonchev–Trinajstić information content (AvgIpc) is 2.72. The van der Waals surface area contributed by atoms with E-state index in [9.17, 15) is 4.79 Å². The molecular weight excluding hydrogens is 212 g/mol. The fourth-order valence-corrected chi connectivity index (χ4v) is 2.13. The molecule has 0 saturated carbocycles. The van der Waals surface area contributed by atoms with Crippen LogP contribution < -0.4 is 5.32 Å². The van der Waals surface area contributed by atoms with E-state index in [0.29, 0.717) is 0 Å². The smallest absolute Gasteiger partial charge is 0.147 e. The van der Waals surface area contributed by atoms with Crippen molar-refractivity contribution in [2.24, 2.45) is 0 Å². The maximum absolute atomic E-state index is 11.5. The number of fused-ring (bicyclic) bond motifs is 1. The molecule has 0 aliphatic rings. The largest absolute Gasteiger partial charge is 0.361 e. The van der Waals surface area contributed by atoms with Crippen LogP contribution in [0.4, 0.5) is 0 Å². The van der Waals surface area contributed by atoms with Crippen LogP contribution >= 0.6 is 0 Å². The van der Waals surface area contributed by atoms with Crippen molar-refractivity contribution in [2.75, 3.05) is 6.54 Å². The number of carbonyl (C=O) groups excluding carboxylic acids is 1. The Hall–Kier alpha value is -1.61. The van der Waals surface area contributed by atoms with Gasteiger partial charge in [0, 0.05) is 17.1 Å². The molecule has 3 nitrogen and oxygen atoms in total. The number of H-pyrrole nitrogens is 1. The zero-order valence-electron chi connectivity index (χ0n) is 10.3. The van der Waals surface area contributed by atoms with Gasteiger partial charge in [0.2, 0.25) is 0 Å². The van der Waals surface area contributed by atoms with E-state index in [1.807, 2.05) is 25.3 Å². The minimum Gasteiger partial charge on any atom is -0.361 e. The Morgan fingerprint density at radius 2 is 2.18 bits per heavy atom. The number of nitrogens with one attached hydrogen (secondary N) is 2. The number of para-hydroxylation sites is 1. The van der Waals surface area contributed by atoms with Gasteiger partial charge in [-0.25, -0.2) is 0 Å². The minimum absolute atomic E-state index is 0.0841. The van der Waals surface area contributed by atoms with Crippen LogP contribution in [0.25, 0.3) is 10.9 Å². The molecule has 0 aliphatic heterocycles. The van der Waals surface area contributed by atoms with Crippen molar-refractivity contribution in [2.45, 2.75) is 26.3 Å². The van der Waals surface area contributed by atoms with Gasteiger partial charge in [0.05, 0.1) is 6.04 Å². The average molecular weight is 230 g/mol. The van der Waals surface area contributed by atoms with Gasteiger partial charge in [0.15, 0.2) is 0 Å². The summed E-state index contributed by atoms with van der Waals surface area (Å²) in [5.74, 6) is 0.192. The van der Waals surface area contributed by atoms with Gasteiger partial charge in [-0.3, -0.25) is 4.79 Å². The predicted octanol–water partition coefficient (Wildman–Crippen LogP) is 2.28. The highest BCUT2D eigenvalue weighted by Gasteiger charge is 2.15. The Bertz CT molecular complexity index is 516. The SMILES string of the molecule is CCN[C@@H](Cc1c[nH]c2ccccc12)C(C)=O. The molecule has 1 aromatic heterocycles. The molecule has 0 amide bonds. The van der Waals surface area contributed by atoms with Crippen LogP contribution in [0, 0.1) is 0 Å². The Labute approximate surface area is 101 Å². The van der Waals surface area contributed by atoms with Crippen LogP contribution in [0.15, 0.2) is 30.5 Å². The maximum Gasteiger partial charge on any atom is 0.147 e. The van der Waals surface area contributed by atoms with Gasteiger partial charge < -0.3 is 10.3 Å². The fraction of sp³-hybridized carbons (Fsp3) is 0.357. The molecule has 1 aromatic carbocycles. The van der Waals surface area contributed by atoms with Crippen LogP contribution in [0.3, 0.4) is 0 Å². The topological polar surface area (TPSA) is 44.9 Å². The number of hydrogen-bond acceptors (Lipinski definition) is 2. The van der Waals surface area contributed by atoms with Crippen molar-refractivity contribution >= 4 is 16.7 Å². The highest BCUT2D eigenvalue weighted by molar-refractivity contribution is 5.86. The summed E-state index contributed by atoms with van der Waals surface area (Å²) in [6.07, 6.45) is 2.74. The highest BCUT2D eigenvalue weighted by atomic mass is 16.1. The third kappa shape index (κ3) is 2.56. The second-order valence-electron chi connectivity index (χ2n) is 4.28. The summed E-state index contributed by atoms with van der Waals surface area (Å²) in [7, 11) is 0. The van der Waals surface area contributed by atoms with Gasteiger partial charge >= 0.3 is 0 Å². The first kappa shape index (κ1) is 11.9. The number of Topliss-reactive ketones (excluding diaryl/α,β-unsaturated/α-hetero) is 1. The second-order valence-corrected chi connectivity index (χ2v) is 4.28. The van der Waals surface area contributed by atoms with Crippen LogP contribution in [-0.4, -0.2) is 23.4 Å². The predicted molar refractivity (Wildman–Crippen MR) is 70.1 cm³/mol. The normalized spacial score (nSPS) is 12.8. The van der Waals surface area contributed by atoms with Gasteiger partial charge in [-0.15, -0.1) is 0 Å². The molecule has 17 heavy (non-hydrogen) atoms. The number of ketones is 1. The number of aromatic nitrogens is 1. The summed E-state index contributed by atoms with van der Waals surface area (Å²) in [6.45, 7) is 4.47. The van der Waals surface area contributed by atoms with E-state index >= 15 is 0 Å². The first-order chi connectivity index (χ1) is 8.22. The third-order valence-corrected chi connectivity index (χ3v) is 3.04. The first-order valence-electron chi connectivity index (χ1n) is 6.01. The van der Waals surface area contributed by atoms with Gasteiger partial charge in [0.25, 0.3) is 0 Å². The van der Waals surface area contributed by atoms with E-state index in [1.165, 1.54) is 10.9 Å². The van der Waals surface area contributed by atoms with Gasteiger partial charge in [0.1, 0.15) is 5.78 Å². The van der Waals surface area contributed by atoms with Crippen LogP contribution in [0.5, 0.6) is 0 Å². The monoisotopic (exact) mass is 230 g/mol. The van der Waals surface area contributed by atoms with Crippen molar-refractivity contribution in [3.8, 4) is 0 Å². The molecule has 2 aromatic rings. The molecule has 0 radical (unpaired) electrons. The molecule has 1 atom stereocenters. The Morgan fingerprint density at radius 3 is 2.88 bits per heavy atom. The summed E-state index contributed by atoms with van der Waals surface area (Å²) in [5.41, 5.74) is 2.32. The maximum atomic E-state index is 11.5. The quantitative estimate of drug-likeness (QED) is 0.827. The standard InChI is InChI=1S/C14H18N2O/c1-3-15-14(10(2)17)8-11-9-16-13-7-5-4-6-12(11)13/h4-7,9,14-16H,3,8H2,1-2H3/t14-/m0/s1. The molecular formula is C14H18N2O. The van der Waals surface area contributed by atoms with Crippen molar-refractivity contribution in [1.82, 2.24) is 10.3 Å². The van der Waals surface area contributed by atoms with Gasteiger partial charge in [-0.1, -0.05) is 25.1 Å². The van der Waals surface area contributed by atoms with Crippen LogP contribution in [0.2, 0.25) is 0 Å². The molecule has 0 fully saturated rings. The summed E-state index contributed by atoms with van der Waals surface area (Å²) < 4.78 is 0. The second kappa shape index (κ2) is 5.15. The van der Waals surface area contributed by atoms with E-state index in [-0.39, 0.29) is 11.8 Å². The van der Waals surface area contributed by atoms with Gasteiger partial charge in [-0.05, 0) is 31.5 Å². The molecule has 2 N–H and O–H groups in total. The van der Waals surface area contributed by atoms with Crippen molar-refractivity contribution in [1.29, 1.82) is 0 Å². The molecule has 0 saturated heterocycles. The summed E-state index contributed by atoms with van der Waals surface area (Å²) >= 11 is 0. The molecule has 0 bridgehead atoms. The van der Waals surface area contributed by atoms with Crippen LogP contribution in [0.1, 0.15) is 19.4 Å². The molecule has 0 aliphatic carbocycles. The van der Waals surface area contributed by atoms with Crippen LogP contribution in [-0.2, 0) is 11.2 Å². The third-order valence-electron chi connectivity index (χ3n) is 3.04. The molecule has 0 unspecified atom stereocenters. The number of aromatic amines is 1. The fourth-order valence-electron chi connectivity index (χ4n) is 2.13. The molecule has 3 heteroatoms. The highest BCUT2D eigenvalue weighted by Crippen LogP contribution is 2.19. The number of rotatable bonds is 5. The lowest BCUT2D eigenvalue weighted by Gasteiger charge is -2.13. The minimum atomic E-state index is -0.0841. The number of carbonyl (C=O) groups is 1. The zero-order chi connectivity index (χ0) is 12.3. The molecule has 2 rings (SSSR count). The number of benzene rings is 1. The summed E-state index contributed by atoms with van der Waals surface area (Å²) in [6, 6.07) is 8.09. The lowest BCUT2D eigenvalue weighted by atomic mass is 10.0. The number of hydrogen-bond donors (Lipinski definition) is 2. The van der Waals surface area contributed by atoms with E-state index in [2.05, 4.69) is 22.4 Å². The molecule has 1 heterocycles.